The summed E-state index contributed by atoms with van der Waals surface area (Å²) in [5.74, 6) is 1.58. The Morgan fingerprint density at radius 2 is 2.10 bits per heavy atom. The summed E-state index contributed by atoms with van der Waals surface area (Å²) < 4.78 is 10.7. The van der Waals surface area contributed by atoms with Crippen molar-refractivity contribution in [3.05, 3.63) is 40.7 Å². The standard InChI is InChI=1S/C14H11ClN2O2S/c1-18-10-5-3-2-4-8(10)11-12(19-17-14(11)16)13-9(15)6-7-20-13/h2-7H,1H3,(H2,16,17). The molecule has 0 aliphatic carbocycles. The molecule has 0 saturated heterocycles. The van der Waals surface area contributed by atoms with Crippen LogP contribution in [0.2, 0.25) is 5.02 Å². The largest absolute Gasteiger partial charge is 0.496 e. The highest BCUT2D eigenvalue weighted by molar-refractivity contribution is 7.14. The molecule has 0 fully saturated rings. The van der Waals surface area contributed by atoms with Gasteiger partial charge in [-0.15, -0.1) is 11.3 Å². The van der Waals surface area contributed by atoms with E-state index in [0.29, 0.717) is 27.9 Å². The zero-order valence-electron chi connectivity index (χ0n) is 10.6. The predicted molar refractivity (Wildman–Crippen MR) is 81.2 cm³/mol. The van der Waals surface area contributed by atoms with Crippen LogP contribution in [-0.2, 0) is 0 Å². The van der Waals surface area contributed by atoms with Crippen LogP contribution in [0.3, 0.4) is 0 Å². The maximum Gasteiger partial charge on any atom is 0.188 e. The van der Waals surface area contributed by atoms with Gasteiger partial charge in [0.15, 0.2) is 11.6 Å². The van der Waals surface area contributed by atoms with E-state index in [1.165, 1.54) is 11.3 Å². The summed E-state index contributed by atoms with van der Waals surface area (Å²) in [5, 5.41) is 6.37. The highest BCUT2D eigenvalue weighted by Gasteiger charge is 2.22. The Bertz CT molecular complexity index is 751. The van der Waals surface area contributed by atoms with Gasteiger partial charge in [0.2, 0.25) is 0 Å². The van der Waals surface area contributed by atoms with Crippen molar-refractivity contribution in [2.24, 2.45) is 0 Å². The van der Waals surface area contributed by atoms with E-state index in [1.54, 1.807) is 7.11 Å². The summed E-state index contributed by atoms with van der Waals surface area (Å²) in [7, 11) is 1.61. The third kappa shape index (κ3) is 2.05. The molecule has 2 N–H and O–H groups in total. The number of nitrogen functional groups attached to an aromatic ring is 1. The first-order valence-electron chi connectivity index (χ1n) is 5.84. The molecule has 1 aromatic carbocycles. The van der Waals surface area contributed by atoms with Crippen LogP contribution < -0.4 is 10.5 Å². The number of para-hydroxylation sites is 1. The van der Waals surface area contributed by atoms with Crippen molar-refractivity contribution >= 4 is 28.8 Å². The fraction of sp³-hybridized carbons (Fsp3) is 0.0714. The van der Waals surface area contributed by atoms with Crippen molar-refractivity contribution in [3.8, 4) is 27.5 Å². The maximum atomic E-state index is 6.17. The summed E-state index contributed by atoms with van der Waals surface area (Å²) in [4.78, 5) is 0.803. The van der Waals surface area contributed by atoms with E-state index >= 15 is 0 Å². The van der Waals surface area contributed by atoms with Crippen LogP contribution in [-0.4, -0.2) is 12.3 Å². The first-order valence-corrected chi connectivity index (χ1v) is 7.10. The molecule has 3 rings (SSSR count). The fourth-order valence-corrected chi connectivity index (χ4v) is 3.15. The lowest BCUT2D eigenvalue weighted by atomic mass is 10.0. The Kier molecular flexibility index (Phi) is 3.38. The first kappa shape index (κ1) is 13.0. The van der Waals surface area contributed by atoms with Crippen LogP contribution in [0.25, 0.3) is 21.8 Å². The minimum atomic E-state index is 0.314. The van der Waals surface area contributed by atoms with E-state index in [-0.39, 0.29) is 0 Å². The van der Waals surface area contributed by atoms with Crippen LogP contribution in [0.1, 0.15) is 0 Å². The normalized spacial score (nSPS) is 10.7. The number of methoxy groups -OCH3 is 1. The monoisotopic (exact) mass is 306 g/mol. The van der Waals surface area contributed by atoms with Crippen LogP contribution in [0, 0.1) is 0 Å². The highest BCUT2D eigenvalue weighted by atomic mass is 35.5. The molecule has 0 saturated carbocycles. The number of nitrogens with zero attached hydrogens (tertiary/aromatic N) is 1. The molecule has 0 amide bonds. The van der Waals surface area contributed by atoms with Gasteiger partial charge in [0.1, 0.15) is 5.75 Å². The van der Waals surface area contributed by atoms with Gasteiger partial charge in [-0.1, -0.05) is 35.0 Å². The molecule has 0 aliphatic heterocycles. The van der Waals surface area contributed by atoms with E-state index in [9.17, 15) is 0 Å². The number of ether oxygens (including phenoxy) is 1. The number of benzene rings is 1. The number of aromatic nitrogens is 1. The summed E-state index contributed by atoms with van der Waals surface area (Å²) >= 11 is 7.64. The number of halogens is 1. The number of hydrogen-bond donors (Lipinski definition) is 1. The molecular weight excluding hydrogens is 296 g/mol. The highest BCUT2D eigenvalue weighted by Crippen LogP contribution is 2.44. The lowest BCUT2D eigenvalue weighted by Gasteiger charge is -2.07. The lowest BCUT2D eigenvalue weighted by molar-refractivity contribution is 0.416. The molecule has 3 aromatic rings. The second-order valence-electron chi connectivity index (χ2n) is 4.07. The summed E-state index contributed by atoms with van der Waals surface area (Å²) in [6.45, 7) is 0. The van der Waals surface area contributed by atoms with Crippen molar-refractivity contribution in [2.75, 3.05) is 12.8 Å². The van der Waals surface area contributed by atoms with Gasteiger partial charge in [0.25, 0.3) is 0 Å². The Hall–Kier alpha value is -1.98. The molecule has 2 heterocycles. The minimum Gasteiger partial charge on any atom is -0.496 e. The third-order valence-electron chi connectivity index (χ3n) is 2.92. The molecule has 0 bridgehead atoms. The predicted octanol–water partition coefficient (Wildman–Crippen LogP) is 4.31. The Morgan fingerprint density at radius 1 is 1.30 bits per heavy atom. The van der Waals surface area contributed by atoms with Crippen molar-refractivity contribution in [1.82, 2.24) is 5.16 Å². The third-order valence-corrected chi connectivity index (χ3v) is 4.26. The van der Waals surface area contributed by atoms with Crippen LogP contribution in [0.15, 0.2) is 40.2 Å². The lowest BCUT2D eigenvalue weighted by Crippen LogP contribution is -1.92. The minimum absolute atomic E-state index is 0.314. The average Bonchev–Trinajstić information content (AvgIpc) is 3.04. The van der Waals surface area contributed by atoms with E-state index in [1.807, 2.05) is 35.7 Å². The van der Waals surface area contributed by atoms with E-state index in [4.69, 9.17) is 26.6 Å². The van der Waals surface area contributed by atoms with Crippen LogP contribution >= 0.6 is 22.9 Å². The molecule has 0 radical (unpaired) electrons. The zero-order valence-corrected chi connectivity index (χ0v) is 12.2. The Morgan fingerprint density at radius 3 is 2.80 bits per heavy atom. The smallest absolute Gasteiger partial charge is 0.188 e. The number of nitrogens with two attached hydrogens (primary N) is 1. The summed E-state index contributed by atoms with van der Waals surface area (Å²) in [6.07, 6.45) is 0. The van der Waals surface area contributed by atoms with Crippen molar-refractivity contribution in [3.63, 3.8) is 0 Å². The van der Waals surface area contributed by atoms with Gasteiger partial charge in [-0.3, -0.25) is 0 Å². The fourth-order valence-electron chi connectivity index (χ4n) is 2.02. The molecule has 0 spiro atoms. The number of anilines is 1. The number of hydrogen-bond acceptors (Lipinski definition) is 5. The van der Waals surface area contributed by atoms with Gasteiger partial charge in [-0.2, -0.15) is 0 Å². The second-order valence-corrected chi connectivity index (χ2v) is 5.39. The molecule has 6 heteroatoms. The average molecular weight is 307 g/mol. The Labute approximate surface area is 124 Å². The molecule has 102 valence electrons. The van der Waals surface area contributed by atoms with Gasteiger partial charge >= 0.3 is 0 Å². The molecule has 4 nitrogen and oxygen atoms in total. The Balaban J connectivity index is 2.25. The quantitative estimate of drug-likeness (QED) is 0.783. The van der Waals surface area contributed by atoms with E-state index in [2.05, 4.69) is 5.16 Å². The molecular formula is C14H11ClN2O2S. The van der Waals surface area contributed by atoms with Gasteiger partial charge in [-0.05, 0) is 17.5 Å². The van der Waals surface area contributed by atoms with Crippen LogP contribution in [0.4, 0.5) is 5.82 Å². The molecule has 0 unspecified atom stereocenters. The molecule has 2 aromatic heterocycles. The molecule has 0 aliphatic rings. The van der Waals surface area contributed by atoms with Crippen molar-refractivity contribution in [1.29, 1.82) is 0 Å². The van der Waals surface area contributed by atoms with Gasteiger partial charge < -0.3 is 15.0 Å². The number of thiophene rings is 1. The van der Waals surface area contributed by atoms with Gasteiger partial charge in [-0.25, -0.2) is 0 Å². The van der Waals surface area contributed by atoms with E-state index in [0.717, 1.165) is 10.4 Å². The van der Waals surface area contributed by atoms with Crippen LogP contribution in [0.5, 0.6) is 5.75 Å². The number of rotatable bonds is 3. The van der Waals surface area contributed by atoms with Crippen molar-refractivity contribution in [2.45, 2.75) is 0 Å². The maximum absolute atomic E-state index is 6.17. The summed E-state index contributed by atoms with van der Waals surface area (Å²) in [6, 6.07) is 9.38. The molecule has 0 atom stereocenters. The molecule has 20 heavy (non-hydrogen) atoms. The summed E-state index contributed by atoms with van der Waals surface area (Å²) in [5.41, 5.74) is 7.48. The van der Waals surface area contributed by atoms with Gasteiger partial charge in [0.05, 0.1) is 22.6 Å². The zero-order chi connectivity index (χ0) is 14.1. The first-order chi connectivity index (χ1) is 9.72. The SMILES string of the molecule is COc1ccccc1-c1c(N)noc1-c1sccc1Cl. The second kappa shape index (κ2) is 5.19. The van der Waals surface area contributed by atoms with Crippen molar-refractivity contribution < 1.29 is 9.26 Å². The van der Waals surface area contributed by atoms with E-state index < -0.39 is 0 Å². The topological polar surface area (TPSA) is 61.3 Å². The van der Waals surface area contributed by atoms with Gasteiger partial charge in [0, 0.05) is 5.56 Å².